The van der Waals surface area contributed by atoms with Crippen LogP contribution in [0.3, 0.4) is 0 Å². The van der Waals surface area contributed by atoms with Crippen molar-refractivity contribution in [2.45, 2.75) is 50.1 Å². The Balaban J connectivity index is 1.71. The van der Waals surface area contributed by atoms with Gasteiger partial charge in [0.1, 0.15) is 0 Å². The lowest BCUT2D eigenvalue weighted by atomic mass is 10.0. The van der Waals surface area contributed by atoms with E-state index in [9.17, 15) is 0 Å². The van der Waals surface area contributed by atoms with E-state index < -0.39 is 14.8 Å². The van der Waals surface area contributed by atoms with Crippen LogP contribution in [0.1, 0.15) is 60.6 Å². The van der Waals surface area contributed by atoms with Crippen molar-refractivity contribution in [1.29, 1.82) is 0 Å². The van der Waals surface area contributed by atoms with E-state index in [0.717, 1.165) is 12.7 Å². The largest absolute Gasteiger partial charge is 0.158 e. The second-order valence-electron chi connectivity index (χ2n) is 10.7. The Labute approximate surface area is 232 Å². The van der Waals surface area contributed by atoms with E-state index in [2.05, 4.69) is 133 Å². The van der Waals surface area contributed by atoms with Gasteiger partial charge in [0.05, 0.1) is 29.3 Å². The summed E-state index contributed by atoms with van der Waals surface area (Å²) in [5.41, 5.74) is 5.18. The summed E-state index contributed by atoms with van der Waals surface area (Å²) >= 11 is 0. The molecule has 0 aromatic heterocycles. The molecule has 4 aromatic carbocycles. The average Bonchev–Trinajstić information content (AvgIpc) is 3.32. The van der Waals surface area contributed by atoms with Crippen LogP contribution in [-0.4, -0.2) is 11.0 Å². The van der Waals surface area contributed by atoms with Crippen LogP contribution in [0.15, 0.2) is 121 Å². The molecule has 1 aliphatic heterocycles. The minimum absolute atomic E-state index is 0.450. The monoisotopic (exact) mass is 537 g/mol. The Hall–Kier alpha value is -2.30. The van der Waals surface area contributed by atoms with Gasteiger partial charge in [0.25, 0.3) is 0 Å². The van der Waals surface area contributed by atoms with Crippen molar-refractivity contribution in [3.8, 4) is 0 Å². The van der Waals surface area contributed by atoms with Gasteiger partial charge in [-0.2, -0.15) is 13.3 Å². The lowest BCUT2D eigenvalue weighted by Crippen LogP contribution is -2.33. The van der Waals surface area contributed by atoms with Gasteiger partial charge in [0.15, 0.2) is 0 Å². The summed E-state index contributed by atoms with van der Waals surface area (Å²) in [5.74, 6) is 0. The van der Waals surface area contributed by atoms with Crippen LogP contribution in [0.5, 0.6) is 0 Å². The zero-order chi connectivity index (χ0) is 26.4. The molecule has 0 amide bonds. The standard InChI is InChI=1S/C35H41NP2/c1-4-5-28-36(37(2,33-24-16-9-17-25-33)29-30-18-10-6-11-19-30)38(3)34(31-20-12-7-13-21-31)26-27-35(38)32-22-14-8-15-23-32/h6-25,34-35H,2-5,26-29H2,1H3/t34-,35-,37?/m0/s1. The molecule has 5 rings (SSSR count). The first-order chi connectivity index (χ1) is 18.6. The second-order valence-corrected chi connectivity index (χ2v) is 17.6. The van der Waals surface area contributed by atoms with Gasteiger partial charge in [-0.15, -0.1) is 4.44 Å². The molecule has 1 unspecified atom stereocenters. The fourth-order valence-corrected chi connectivity index (χ4v) is 17.0. The summed E-state index contributed by atoms with van der Waals surface area (Å²) in [7, 11) is -4.02. The third-order valence-electron chi connectivity index (χ3n) is 8.27. The van der Waals surface area contributed by atoms with E-state index >= 15 is 0 Å². The highest BCUT2D eigenvalue weighted by atomic mass is 31.2. The fourth-order valence-electron chi connectivity index (χ4n) is 6.39. The van der Waals surface area contributed by atoms with Gasteiger partial charge in [-0.3, -0.25) is 0 Å². The van der Waals surface area contributed by atoms with E-state index in [1.54, 1.807) is 0 Å². The van der Waals surface area contributed by atoms with E-state index in [-0.39, 0.29) is 0 Å². The fraction of sp³-hybridized carbons (Fsp3) is 0.257. The first kappa shape index (κ1) is 27.3. The van der Waals surface area contributed by atoms with E-state index in [1.165, 1.54) is 47.7 Å². The molecular weight excluding hydrogens is 496 g/mol. The van der Waals surface area contributed by atoms with Crippen molar-refractivity contribution in [3.05, 3.63) is 151 Å². The minimum atomic E-state index is -2.04. The van der Waals surface area contributed by atoms with Gasteiger partial charge in [-0.1, -0.05) is 123 Å². The maximum absolute atomic E-state index is 5.40. The first-order valence-corrected chi connectivity index (χ1v) is 18.2. The SMILES string of the molecule is [CH2-][P+](Cc1ccccc1)(c1ccccc1)N(CCCC)[P+]1([CH2-])[C@H](c2ccccc2)CC[C@H]1c1ccccc1. The smallest absolute Gasteiger partial charge is 0.0876 e. The van der Waals surface area contributed by atoms with Gasteiger partial charge in [-0.25, -0.2) is 0 Å². The Morgan fingerprint density at radius 2 is 1.16 bits per heavy atom. The molecule has 0 spiro atoms. The van der Waals surface area contributed by atoms with Crippen LogP contribution in [0.25, 0.3) is 0 Å². The van der Waals surface area contributed by atoms with Crippen LogP contribution in [0.4, 0.5) is 0 Å². The zero-order valence-corrected chi connectivity index (χ0v) is 24.5. The number of hydrogen-bond acceptors (Lipinski definition) is 1. The van der Waals surface area contributed by atoms with E-state index in [4.69, 9.17) is 13.3 Å². The number of nitrogens with zero attached hydrogens (tertiary/aromatic N) is 1. The van der Waals surface area contributed by atoms with Crippen LogP contribution >= 0.6 is 14.8 Å². The molecule has 0 aliphatic carbocycles. The molecule has 1 saturated heterocycles. The third-order valence-corrected chi connectivity index (χ3v) is 17.9. The average molecular weight is 538 g/mol. The lowest BCUT2D eigenvalue weighted by molar-refractivity contribution is 0.615. The number of rotatable bonds is 10. The molecule has 1 aliphatic rings. The van der Waals surface area contributed by atoms with Gasteiger partial charge >= 0.3 is 0 Å². The predicted octanol–water partition coefficient (Wildman–Crippen LogP) is 10.3. The Kier molecular flexibility index (Phi) is 8.80. The van der Waals surface area contributed by atoms with Crippen molar-refractivity contribution < 1.29 is 0 Å². The van der Waals surface area contributed by atoms with Crippen molar-refractivity contribution in [2.75, 3.05) is 6.54 Å². The second kappa shape index (κ2) is 12.3. The zero-order valence-electron chi connectivity index (χ0n) is 22.7. The summed E-state index contributed by atoms with van der Waals surface area (Å²) in [4.78, 5) is 0. The molecule has 1 heterocycles. The third kappa shape index (κ3) is 5.40. The molecule has 1 nitrogen and oxygen atoms in total. The van der Waals surface area contributed by atoms with Crippen LogP contribution in [-0.2, 0) is 6.16 Å². The number of benzene rings is 4. The molecule has 3 atom stereocenters. The minimum Gasteiger partial charge on any atom is -0.158 e. The highest BCUT2D eigenvalue weighted by molar-refractivity contribution is 7.92. The highest BCUT2D eigenvalue weighted by Crippen LogP contribution is 2.92. The lowest BCUT2D eigenvalue weighted by Gasteiger charge is -2.51. The summed E-state index contributed by atoms with van der Waals surface area (Å²) in [6, 6.07) is 44.7. The quantitative estimate of drug-likeness (QED) is 0.144. The number of unbranched alkanes of at least 4 members (excludes halogenated alkanes) is 1. The van der Waals surface area contributed by atoms with Crippen molar-refractivity contribution in [1.82, 2.24) is 4.44 Å². The van der Waals surface area contributed by atoms with Gasteiger partial charge < -0.3 is 0 Å². The van der Waals surface area contributed by atoms with Gasteiger partial charge in [0, 0.05) is 14.8 Å². The summed E-state index contributed by atoms with van der Waals surface area (Å²) in [5, 5.41) is 1.40. The molecule has 4 aromatic rings. The maximum atomic E-state index is 5.40. The van der Waals surface area contributed by atoms with E-state index in [0.29, 0.717) is 11.3 Å². The van der Waals surface area contributed by atoms with Crippen LogP contribution in [0.2, 0.25) is 0 Å². The molecule has 196 valence electrons. The predicted molar refractivity (Wildman–Crippen MR) is 170 cm³/mol. The van der Waals surface area contributed by atoms with Gasteiger partial charge in [0.2, 0.25) is 0 Å². The molecule has 0 bridgehead atoms. The molecule has 0 radical (unpaired) electrons. The van der Waals surface area contributed by atoms with Crippen LogP contribution < -0.4 is 5.30 Å². The normalized spacial score (nSPS) is 20.3. The first-order valence-electron chi connectivity index (χ1n) is 14.0. The Morgan fingerprint density at radius 1 is 0.711 bits per heavy atom. The Bertz CT molecular complexity index is 1220. The van der Waals surface area contributed by atoms with Gasteiger partial charge in [-0.05, 0) is 48.1 Å². The van der Waals surface area contributed by atoms with Crippen molar-refractivity contribution >= 4 is 20.1 Å². The van der Waals surface area contributed by atoms with E-state index in [1.807, 2.05) is 0 Å². The Morgan fingerprint density at radius 3 is 1.63 bits per heavy atom. The van der Waals surface area contributed by atoms with Crippen molar-refractivity contribution in [2.24, 2.45) is 0 Å². The molecular formula is C35H41NP2. The molecule has 1 fully saturated rings. The molecule has 3 heteroatoms. The maximum Gasteiger partial charge on any atom is 0.0876 e. The topological polar surface area (TPSA) is 3.24 Å². The van der Waals surface area contributed by atoms with Crippen molar-refractivity contribution in [3.63, 3.8) is 0 Å². The number of hydrogen-bond donors (Lipinski definition) is 0. The molecule has 0 saturated carbocycles. The molecule has 0 N–H and O–H groups in total. The molecule has 38 heavy (non-hydrogen) atoms. The highest BCUT2D eigenvalue weighted by Gasteiger charge is 2.59. The summed E-state index contributed by atoms with van der Waals surface area (Å²) < 4.78 is 2.95. The van der Waals surface area contributed by atoms with Crippen LogP contribution in [0, 0.1) is 13.3 Å². The summed E-state index contributed by atoms with van der Waals surface area (Å²) in [6.45, 7) is 14.0. The summed E-state index contributed by atoms with van der Waals surface area (Å²) in [6.07, 6.45) is 5.68.